The number of anilines is 1. The zero-order chi connectivity index (χ0) is 17.0. The zero-order valence-electron chi connectivity index (χ0n) is 12.9. The van der Waals surface area contributed by atoms with Gasteiger partial charge in [-0.3, -0.25) is 9.59 Å². The molecular formula is C18H16ClNO3. The predicted molar refractivity (Wildman–Crippen MR) is 91.3 cm³/mol. The Kier molecular flexibility index (Phi) is 5.19. The van der Waals surface area contributed by atoms with Crippen LogP contribution in [0.25, 0.3) is 0 Å². The Hall–Kier alpha value is -2.59. The maximum Gasteiger partial charge on any atom is 0.250 e. The van der Waals surface area contributed by atoms with Crippen LogP contribution in [-0.4, -0.2) is 18.8 Å². The molecule has 0 atom stereocenters. The predicted octanol–water partition coefficient (Wildman–Crippen LogP) is 4.09. The molecule has 118 valence electrons. The molecular weight excluding hydrogens is 314 g/mol. The fourth-order valence-corrected chi connectivity index (χ4v) is 2.22. The second-order valence-corrected chi connectivity index (χ2v) is 5.37. The average molecular weight is 330 g/mol. The van der Waals surface area contributed by atoms with Crippen molar-refractivity contribution in [3.63, 3.8) is 0 Å². The minimum atomic E-state index is -0.378. The number of ketones is 1. The number of hydrogen-bond acceptors (Lipinski definition) is 3. The Balaban J connectivity index is 2.52. The molecule has 5 heteroatoms. The van der Waals surface area contributed by atoms with Gasteiger partial charge in [0.1, 0.15) is 5.75 Å². The fraction of sp³-hybridized carbons (Fsp3) is 0.111. The summed E-state index contributed by atoms with van der Waals surface area (Å²) in [5, 5.41) is 2.96. The van der Waals surface area contributed by atoms with Gasteiger partial charge in [-0.1, -0.05) is 48.5 Å². The van der Waals surface area contributed by atoms with Crippen LogP contribution in [-0.2, 0) is 4.79 Å². The second kappa shape index (κ2) is 7.11. The molecule has 1 amide bonds. The lowest BCUT2D eigenvalue weighted by molar-refractivity contribution is -0.112. The first-order chi connectivity index (χ1) is 10.9. The first-order valence-corrected chi connectivity index (χ1v) is 7.26. The molecule has 0 saturated carbocycles. The second-order valence-electron chi connectivity index (χ2n) is 4.96. The number of carbonyl (C=O) groups is 2. The fourth-order valence-electron chi connectivity index (χ4n) is 1.98. The van der Waals surface area contributed by atoms with Crippen LogP contribution in [0.4, 0.5) is 5.69 Å². The number of rotatable bonds is 5. The molecule has 23 heavy (non-hydrogen) atoms. The molecule has 1 N–H and O–H groups in total. The van der Waals surface area contributed by atoms with Crippen molar-refractivity contribution in [3.8, 4) is 5.75 Å². The molecule has 2 rings (SSSR count). The van der Waals surface area contributed by atoms with E-state index in [1.54, 1.807) is 31.2 Å². The molecule has 4 nitrogen and oxygen atoms in total. The van der Waals surface area contributed by atoms with E-state index in [4.69, 9.17) is 16.3 Å². The number of hydrogen-bond donors (Lipinski definition) is 1. The van der Waals surface area contributed by atoms with Crippen molar-refractivity contribution < 1.29 is 14.3 Å². The number of nitrogens with one attached hydrogen (secondary N) is 1. The van der Waals surface area contributed by atoms with E-state index in [0.29, 0.717) is 27.6 Å². The zero-order valence-corrected chi connectivity index (χ0v) is 13.6. The van der Waals surface area contributed by atoms with E-state index in [0.717, 1.165) is 0 Å². The van der Waals surface area contributed by atoms with Gasteiger partial charge in [-0.05, 0) is 13.0 Å². The molecule has 0 saturated heterocycles. The van der Waals surface area contributed by atoms with E-state index in [9.17, 15) is 9.59 Å². The van der Waals surface area contributed by atoms with Crippen LogP contribution >= 0.6 is 11.6 Å². The highest BCUT2D eigenvalue weighted by Crippen LogP contribution is 2.32. The van der Waals surface area contributed by atoms with Crippen LogP contribution in [0.1, 0.15) is 22.8 Å². The van der Waals surface area contributed by atoms with Crippen molar-refractivity contribution in [1.82, 2.24) is 0 Å². The lowest BCUT2D eigenvalue weighted by Gasteiger charge is -2.13. The van der Waals surface area contributed by atoms with E-state index >= 15 is 0 Å². The van der Waals surface area contributed by atoms with Gasteiger partial charge in [0.15, 0.2) is 5.78 Å². The van der Waals surface area contributed by atoms with Crippen molar-refractivity contribution >= 4 is 29.0 Å². The summed E-state index contributed by atoms with van der Waals surface area (Å²) in [6.07, 6.45) is 0. The summed E-state index contributed by atoms with van der Waals surface area (Å²) in [6.45, 7) is 5.17. The van der Waals surface area contributed by atoms with E-state index in [2.05, 4.69) is 11.9 Å². The highest BCUT2D eigenvalue weighted by molar-refractivity contribution is 6.33. The SMILES string of the molecule is C=C(C)C(=O)Nc1cc(OC)c(Cl)cc1C(=O)c1ccccc1. The maximum absolute atomic E-state index is 12.7. The number of ether oxygens (including phenoxy) is 1. The molecule has 0 unspecified atom stereocenters. The van der Waals surface area contributed by atoms with Crippen molar-refractivity contribution in [2.24, 2.45) is 0 Å². The summed E-state index contributed by atoms with van der Waals surface area (Å²) in [5.74, 6) is -0.253. The highest BCUT2D eigenvalue weighted by Gasteiger charge is 2.18. The average Bonchev–Trinajstić information content (AvgIpc) is 2.56. The van der Waals surface area contributed by atoms with Crippen LogP contribution in [0.3, 0.4) is 0 Å². The topological polar surface area (TPSA) is 55.4 Å². The summed E-state index contributed by atoms with van der Waals surface area (Å²) in [6, 6.07) is 11.8. The van der Waals surface area contributed by atoms with Crippen molar-refractivity contribution in [1.29, 1.82) is 0 Å². The number of benzene rings is 2. The molecule has 2 aromatic rings. The van der Waals surface area contributed by atoms with Crippen LogP contribution < -0.4 is 10.1 Å². The van der Waals surface area contributed by atoms with E-state index < -0.39 is 0 Å². The van der Waals surface area contributed by atoms with E-state index in [1.807, 2.05) is 6.07 Å². The highest BCUT2D eigenvalue weighted by atomic mass is 35.5. The summed E-state index contributed by atoms with van der Waals surface area (Å²) >= 11 is 6.12. The van der Waals surface area contributed by atoms with Crippen LogP contribution in [0.5, 0.6) is 5.75 Å². The van der Waals surface area contributed by atoms with Gasteiger partial charge >= 0.3 is 0 Å². The van der Waals surface area contributed by atoms with Gasteiger partial charge in [0.25, 0.3) is 5.91 Å². The minimum absolute atomic E-state index is 0.243. The Morgan fingerprint density at radius 3 is 2.39 bits per heavy atom. The monoisotopic (exact) mass is 329 g/mol. The number of halogens is 1. The molecule has 0 radical (unpaired) electrons. The minimum Gasteiger partial charge on any atom is -0.495 e. The van der Waals surface area contributed by atoms with Gasteiger partial charge in [0.05, 0.1) is 17.8 Å². The van der Waals surface area contributed by atoms with Gasteiger partial charge in [-0.15, -0.1) is 0 Å². The Labute approximate surface area is 139 Å². The van der Waals surface area contributed by atoms with Crippen molar-refractivity contribution in [2.45, 2.75) is 6.92 Å². The molecule has 0 bridgehead atoms. The molecule has 0 aromatic heterocycles. The van der Waals surface area contributed by atoms with Crippen LogP contribution in [0.2, 0.25) is 5.02 Å². The Morgan fingerprint density at radius 1 is 1.17 bits per heavy atom. The lowest BCUT2D eigenvalue weighted by Crippen LogP contribution is -2.15. The van der Waals surface area contributed by atoms with Gasteiger partial charge in [-0.25, -0.2) is 0 Å². The first-order valence-electron chi connectivity index (χ1n) is 6.88. The standard InChI is InChI=1S/C18H16ClNO3/c1-11(2)18(22)20-15-10-16(23-3)14(19)9-13(15)17(21)12-7-5-4-6-8-12/h4-10H,1H2,2-3H3,(H,20,22). The van der Waals surface area contributed by atoms with Gasteiger partial charge in [0.2, 0.25) is 0 Å². The number of amides is 1. The van der Waals surface area contributed by atoms with Crippen molar-refractivity contribution in [3.05, 3.63) is 70.8 Å². The Bertz CT molecular complexity index is 769. The first kappa shape index (κ1) is 16.8. The summed E-state index contributed by atoms with van der Waals surface area (Å²) < 4.78 is 5.15. The summed E-state index contributed by atoms with van der Waals surface area (Å²) in [4.78, 5) is 24.6. The molecule has 0 aliphatic heterocycles. The third kappa shape index (κ3) is 3.79. The smallest absolute Gasteiger partial charge is 0.250 e. The van der Waals surface area contributed by atoms with Gasteiger partial charge < -0.3 is 10.1 Å². The third-order valence-electron chi connectivity index (χ3n) is 3.21. The number of carbonyl (C=O) groups excluding carboxylic acids is 2. The van der Waals surface area contributed by atoms with E-state index in [1.165, 1.54) is 19.2 Å². The molecule has 2 aromatic carbocycles. The molecule has 0 aliphatic rings. The molecule has 0 spiro atoms. The maximum atomic E-state index is 12.7. The third-order valence-corrected chi connectivity index (χ3v) is 3.50. The lowest BCUT2D eigenvalue weighted by atomic mass is 10.0. The van der Waals surface area contributed by atoms with Crippen molar-refractivity contribution in [2.75, 3.05) is 12.4 Å². The van der Waals surface area contributed by atoms with E-state index in [-0.39, 0.29) is 17.3 Å². The quantitative estimate of drug-likeness (QED) is 0.664. The molecule has 0 heterocycles. The van der Waals surface area contributed by atoms with Crippen LogP contribution in [0, 0.1) is 0 Å². The Morgan fingerprint density at radius 2 is 1.83 bits per heavy atom. The normalized spacial score (nSPS) is 10.0. The van der Waals surface area contributed by atoms with Crippen LogP contribution in [0.15, 0.2) is 54.6 Å². The van der Waals surface area contributed by atoms with Gasteiger partial charge in [-0.2, -0.15) is 0 Å². The van der Waals surface area contributed by atoms with Gasteiger partial charge in [0, 0.05) is 22.8 Å². The summed E-state index contributed by atoms with van der Waals surface area (Å²) in [5.41, 5.74) is 1.45. The summed E-state index contributed by atoms with van der Waals surface area (Å²) in [7, 11) is 1.46. The number of methoxy groups -OCH3 is 1. The largest absolute Gasteiger partial charge is 0.495 e. The molecule has 0 aliphatic carbocycles. The molecule has 0 fully saturated rings.